The Balaban J connectivity index is 2.87. The molecule has 0 aromatic heterocycles. The number of unbranched alkanes of at least 4 members (excludes halogenated alkanes) is 1. The van der Waals surface area contributed by atoms with Gasteiger partial charge in [-0.25, -0.2) is 0 Å². The highest BCUT2D eigenvalue weighted by molar-refractivity contribution is 5.49. The summed E-state index contributed by atoms with van der Waals surface area (Å²) in [6.07, 6.45) is 2.52. The third-order valence-corrected chi connectivity index (χ3v) is 3.44. The van der Waals surface area contributed by atoms with Gasteiger partial charge in [-0.05, 0) is 43.4 Å². The van der Waals surface area contributed by atoms with Crippen LogP contribution in [-0.4, -0.2) is 12.6 Å². The summed E-state index contributed by atoms with van der Waals surface area (Å²) in [5.41, 5.74) is 3.00. The molecular formula is C17H29N. The highest BCUT2D eigenvalue weighted by atomic mass is 15.1. The van der Waals surface area contributed by atoms with Crippen molar-refractivity contribution in [2.24, 2.45) is 0 Å². The van der Waals surface area contributed by atoms with Gasteiger partial charge in [0.25, 0.3) is 0 Å². The molecule has 18 heavy (non-hydrogen) atoms. The topological polar surface area (TPSA) is 3.24 Å². The van der Waals surface area contributed by atoms with Crippen LogP contribution in [0.25, 0.3) is 0 Å². The molecule has 1 aromatic carbocycles. The molecule has 0 bridgehead atoms. The summed E-state index contributed by atoms with van der Waals surface area (Å²) in [5, 5.41) is 0. The summed E-state index contributed by atoms with van der Waals surface area (Å²) >= 11 is 0. The monoisotopic (exact) mass is 247 g/mol. The Morgan fingerprint density at radius 1 is 1.06 bits per heavy atom. The SMILES string of the molecule is CCCCN(c1ccc(C(C)(C)C)cc1)C(C)C. The van der Waals surface area contributed by atoms with Crippen LogP contribution >= 0.6 is 0 Å². The number of benzene rings is 1. The molecule has 0 aliphatic rings. The van der Waals surface area contributed by atoms with Crippen molar-refractivity contribution < 1.29 is 0 Å². The Kier molecular flexibility index (Phi) is 5.25. The van der Waals surface area contributed by atoms with Crippen LogP contribution in [-0.2, 0) is 5.41 Å². The minimum absolute atomic E-state index is 0.241. The molecule has 0 N–H and O–H groups in total. The van der Waals surface area contributed by atoms with E-state index in [0.717, 1.165) is 6.54 Å². The molecule has 0 fully saturated rings. The molecule has 0 amide bonds. The van der Waals surface area contributed by atoms with Gasteiger partial charge in [0.05, 0.1) is 0 Å². The van der Waals surface area contributed by atoms with Crippen LogP contribution in [0, 0.1) is 0 Å². The molecule has 0 saturated heterocycles. The Hall–Kier alpha value is -0.980. The fourth-order valence-corrected chi connectivity index (χ4v) is 2.17. The van der Waals surface area contributed by atoms with Crippen molar-refractivity contribution >= 4 is 5.69 Å². The highest BCUT2D eigenvalue weighted by Gasteiger charge is 2.15. The molecule has 0 saturated carbocycles. The second kappa shape index (κ2) is 6.26. The van der Waals surface area contributed by atoms with Crippen molar-refractivity contribution in [3.63, 3.8) is 0 Å². The summed E-state index contributed by atoms with van der Waals surface area (Å²) in [7, 11) is 0. The average molecular weight is 247 g/mol. The zero-order valence-electron chi connectivity index (χ0n) is 13.0. The van der Waals surface area contributed by atoms with Crippen molar-refractivity contribution in [1.29, 1.82) is 0 Å². The maximum atomic E-state index is 2.50. The largest absolute Gasteiger partial charge is 0.369 e. The molecule has 102 valence electrons. The second-order valence-corrected chi connectivity index (χ2v) is 6.44. The van der Waals surface area contributed by atoms with Crippen molar-refractivity contribution in [2.45, 2.75) is 65.8 Å². The Labute approximate surface area is 113 Å². The van der Waals surface area contributed by atoms with Crippen LogP contribution in [0.1, 0.15) is 59.9 Å². The average Bonchev–Trinajstić information content (AvgIpc) is 2.28. The van der Waals surface area contributed by atoms with E-state index in [1.807, 2.05) is 0 Å². The van der Waals surface area contributed by atoms with Gasteiger partial charge in [0.2, 0.25) is 0 Å². The second-order valence-electron chi connectivity index (χ2n) is 6.44. The van der Waals surface area contributed by atoms with E-state index in [0.29, 0.717) is 6.04 Å². The standard InChI is InChI=1S/C17H29N/c1-7-8-13-18(14(2)3)16-11-9-15(10-12-16)17(4,5)6/h9-12,14H,7-8,13H2,1-6H3. The minimum Gasteiger partial charge on any atom is -0.369 e. The van der Waals surface area contributed by atoms with E-state index < -0.39 is 0 Å². The molecule has 0 heterocycles. The van der Waals surface area contributed by atoms with Crippen LogP contribution in [0.15, 0.2) is 24.3 Å². The fraction of sp³-hybridized carbons (Fsp3) is 0.647. The maximum absolute atomic E-state index is 2.50. The van der Waals surface area contributed by atoms with E-state index in [4.69, 9.17) is 0 Å². The first kappa shape index (κ1) is 15.1. The lowest BCUT2D eigenvalue weighted by molar-refractivity contribution is 0.589. The van der Waals surface area contributed by atoms with Gasteiger partial charge in [-0.3, -0.25) is 0 Å². The molecule has 0 spiro atoms. The van der Waals surface area contributed by atoms with Gasteiger partial charge >= 0.3 is 0 Å². The van der Waals surface area contributed by atoms with E-state index in [1.54, 1.807) is 0 Å². The first-order valence-electron chi connectivity index (χ1n) is 7.23. The first-order chi connectivity index (χ1) is 8.36. The predicted octanol–water partition coefficient (Wildman–Crippen LogP) is 5.00. The van der Waals surface area contributed by atoms with E-state index in [2.05, 4.69) is 70.7 Å². The van der Waals surface area contributed by atoms with Gasteiger partial charge in [-0.15, -0.1) is 0 Å². The third-order valence-electron chi connectivity index (χ3n) is 3.44. The number of hydrogen-bond donors (Lipinski definition) is 0. The molecule has 1 rings (SSSR count). The molecular weight excluding hydrogens is 218 g/mol. The molecule has 1 nitrogen and oxygen atoms in total. The zero-order chi connectivity index (χ0) is 13.8. The zero-order valence-corrected chi connectivity index (χ0v) is 13.0. The molecule has 1 aromatic rings. The summed E-state index contributed by atoms with van der Waals surface area (Å²) in [6.45, 7) is 14.7. The van der Waals surface area contributed by atoms with E-state index in [9.17, 15) is 0 Å². The highest BCUT2D eigenvalue weighted by Crippen LogP contribution is 2.25. The lowest BCUT2D eigenvalue weighted by Crippen LogP contribution is -2.31. The lowest BCUT2D eigenvalue weighted by Gasteiger charge is -2.30. The number of rotatable bonds is 5. The lowest BCUT2D eigenvalue weighted by atomic mass is 9.87. The maximum Gasteiger partial charge on any atom is 0.0368 e. The van der Waals surface area contributed by atoms with Crippen molar-refractivity contribution in [1.82, 2.24) is 0 Å². The molecule has 0 radical (unpaired) electrons. The Morgan fingerprint density at radius 2 is 1.61 bits per heavy atom. The van der Waals surface area contributed by atoms with Gasteiger partial charge in [-0.2, -0.15) is 0 Å². The van der Waals surface area contributed by atoms with Crippen LogP contribution in [0.5, 0.6) is 0 Å². The third kappa shape index (κ3) is 4.04. The number of nitrogens with zero attached hydrogens (tertiary/aromatic N) is 1. The van der Waals surface area contributed by atoms with Gasteiger partial charge < -0.3 is 4.90 Å². The predicted molar refractivity (Wildman–Crippen MR) is 82.5 cm³/mol. The number of anilines is 1. The van der Waals surface area contributed by atoms with Gasteiger partial charge in [0.15, 0.2) is 0 Å². The van der Waals surface area contributed by atoms with Crippen LogP contribution in [0.2, 0.25) is 0 Å². The summed E-state index contributed by atoms with van der Waals surface area (Å²) in [6, 6.07) is 9.66. The van der Waals surface area contributed by atoms with Gasteiger partial charge in [0.1, 0.15) is 0 Å². The molecule has 0 unspecified atom stereocenters. The van der Waals surface area contributed by atoms with Crippen LogP contribution < -0.4 is 4.90 Å². The smallest absolute Gasteiger partial charge is 0.0368 e. The Morgan fingerprint density at radius 3 is 2.00 bits per heavy atom. The molecule has 0 aliphatic carbocycles. The summed E-state index contributed by atoms with van der Waals surface area (Å²) in [5.74, 6) is 0. The van der Waals surface area contributed by atoms with Crippen molar-refractivity contribution in [3.05, 3.63) is 29.8 Å². The quantitative estimate of drug-likeness (QED) is 0.708. The molecule has 1 heteroatoms. The summed E-state index contributed by atoms with van der Waals surface area (Å²) in [4.78, 5) is 2.50. The van der Waals surface area contributed by atoms with Crippen LogP contribution in [0.3, 0.4) is 0 Å². The van der Waals surface area contributed by atoms with E-state index in [1.165, 1.54) is 24.1 Å². The van der Waals surface area contributed by atoms with E-state index >= 15 is 0 Å². The first-order valence-corrected chi connectivity index (χ1v) is 7.23. The van der Waals surface area contributed by atoms with E-state index in [-0.39, 0.29) is 5.41 Å². The molecule has 0 aliphatic heterocycles. The van der Waals surface area contributed by atoms with Crippen molar-refractivity contribution in [2.75, 3.05) is 11.4 Å². The minimum atomic E-state index is 0.241. The normalized spacial score (nSPS) is 11.9. The number of hydrogen-bond acceptors (Lipinski definition) is 1. The van der Waals surface area contributed by atoms with Gasteiger partial charge in [0, 0.05) is 18.3 Å². The van der Waals surface area contributed by atoms with Crippen LogP contribution in [0.4, 0.5) is 5.69 Å². The molecule has 0 atom stereocenters. The summed E-state index contributed by atoms with van der Waals surface area (Å²) < 4.78 is 0. The fourth-order valence-electron chi connectivity index (χ4n) is 2.17. The van der Waals surface area contributed by atoms with Crippen molar-refractivity contribution in [3.8, 4) is 0 Å². The van der Waals surface area contributed by atoms with Gasteiger partial charge in [-0.1, -0.05) is 46.2 Å². The Bertz CT molecular complexity index is 343.